The molecule has 37 heavy (non-hydrogen) atoms. The highest BCUT2D eigenvalue weighted by Crippen LogP contribution is 2.24. The quantitative estimate of drug-likeness (QED) is 0.138. The van der Waals surface area contributed by atoms with Crippen molar-refractivity contribution in [2.45, 2.75) is 18.9 Å². The Morgan fingerprint density at radius 1 is 1.05 bits per heavy atom. The molecular formula is C25H23Cl2FN4O5. The molecule has 6 N–H and O–H groups in total. The van der Waals surface area contributed by atoms with Crippen LogP contribution in [0.4, 0.5) is 10.1 Å². The number of hydrogen-bond donors (Lipinski definition) is 4. The summed E-state index contributed by atoms with van der Waals surface area (Å²) in [4.78, 5) is 40.3. The number of aliphatic imine (C=N–C) groups is 1. The predicted octanol–water partition coefficient (Wildman–Crippen LogP) is 3.38. The molecule has 0 bridgehead atoms. The highest BCUT2D eigenvalue weighted by Gasteiger charge is 2.21. The van der Waals surface area contributed by atoms with Crippen LogP contribution in [0.1, 0.15) is 21.5 Å². The van der Waals surface area contributed by atoms with E-state index < -0.39 is 29.7 Å². The van der Waals surface area contributed by atoms with E-state index in [1.807, 2.05) is 0 Å². The van der Waals surface area contributed by atoms with Gasteiger partial charge in [0.15, 0.2) is 5.96 Å². The molecule has 0 unspecified atom stereocenters. The second kappa shape index (κ2) is 13.2. The normalized spacial score (nSPS) is 11.0. The molecule has 1 amide bonds. The molecule has 0 radical (unpaired) electrons. The number of benzene rings is 3. The summed E-state index contributed by atoms with van der Waals surface area (Å²) in [6, 6.07) is 14.6. The Balaban J connectivity index is 0.00000481. The van der Waals surface area contributed by atoms with Gasteiger partial charge in [0, 0.05) is 11.4 Å². The lowest BCUT2D eigenvalue weighted by Crippen LogP contribution is -2.43. The maximum Gasteiger partial charge on any atom is 0.343 e. The van der Waals surface area contributed by atoms with Gasteiger partial charge in [0.25, 0.3) is 0 Å². The van der Waals surface area contributed by atoms with Crippen molar-refractivity contribution >= 4 is 53.5 Å². The number of carbonyl (C=O) groups is 3. The van der Waals surface area contributed by atoms with Crippen molar-refractivity contribution < 1.29 is 28.6 Å². The summed E-state index contributed by atoms with van der Waals surface area (Å²) in [5.74, 6) is -2.96. The van der Waals surface area contributed by atoms with Crippen molar-refractivity contribution in [3.63, 3.8) is 0 Å². The van der Waals surface area contributed by atoms with Gasteiger partial charge in [-0.25, -0.2) is 19.0 Å². The van der Waals surface area contributed by atoms with Crippen LogP contribution in [0.5, 0.6) is 5.75 Å². The maximum absolute atomic E-state index is 13.4. The topological polar surface area (TPSA) is 157 Å². The number of carboxylic acid groups (broad SMARTS) is 1. The van der Waals surface area contributed by atoms with E-state index in [1.165, 1.54) is 48.5 Å². The Hall–Kier alpha value is -4.15. The SMILES string of the molecule is Cl.NC(N)=Nc1ccc(C(=O)Oc2ccc(CC(=O)N[C@@H](Cc3cccc(F)c3)C(=O)O)c(Cl)c2)cc1. The zero-order valence-corrected chi connectivity index (χ0v) is 20.8. The number of nitrogens with one attached hydrogen (secondary N) is 1. The van der Waals surface area contributed by atoms with Crippen LogP contribution >= 0.6 is 24.0 Å². The molecule has 0 aromatic heterocycles. The number of esters is 1. The Bertz CT molecular complexity index is 1310. The second-order valence-corrected chi connectivity index (χ2v) is 8.10. The van der Waals surface area contributed by atoms with Crippen LogP contribution in [-0.2, 0) is 22.4 Å². The minimum absolute atomic E-state index is 0. The third kappa shape index (κ3) is 8.78. The molecule has 3 aromatic carbocycles. The first-order chi connectivity index (χ1) is 17.1. The van der Waals surface area contributed by atoms with Gasteiger partial charge in [-0.1, -0.05) is 29.8 Å². The van der Waals surface area contributed by atoms with Gasteiger partial charge < -0.3 is 26.6 Å². The minimum atomic E-state index is -1.26. The molecule has 9 nitrogen and oxygen atoms in total. The molecule has 0 saturated carbocycles. The van der Waals surface area contributed by atoms with Crippen LogP contribution in [0.15, 0.2) is 71.7 Å². The van der Waals surface area contributed by atoms with Crippen molar-refractivity contribution in [1.82, 2.24) is 5.32 Å². The van der Waals surface area contributed by atoms with Crippen LogP contribution in [0.25, 0.3) is 0 Å². The number of aliphatic carboxylic acids is 1. The van der Waals surface area contributed by atoms with Gasteiger partial charge in [-0.05, 0) is 59.7 Å². The fraction of sp³-hybridized carbons (Fsp3) is 0.120. The molecule has 0 aliphatic carbocycles. The number of amides is 1. The molecule has 0 aliphatic rings. The van der Waals surface area contributed by atoms with Gasteiger partial charge in [0.2, 0.25) is 5.91 Å². The summed E-state index contributed by atoms with van der Waals surface area (Å²) in [7, 11) is 0. The van der Waals surface area contributed by atoms with Gasteiger partial charge >= 0.3 is 11.9 Å². The molecule has 0 heterocycles. The number of halogens is 3. The first-order valence-electron chi connectivity index (χ1n) is 10.6. The number of carbonyl (C=O) groups excluding carboxylic acids is 2. The van der Waals surface area contributed by atoms with Crippen LogP contribution in [0, 0.1) is 5.82 Å². The average Bonchev–Trinajstić information content (AvgIpc) is 2.80. The van der Waals surface area contributed by atoms with Gasteiger partial charge in [-0.2, -0.15) is 0 Å². The highest BCUT2D eigenvalue weighted by molar-refractivity contribution is 6.31. The maximum atomic E-state index is 13.4. The van der Waals surface area contributed by atoms with Gasteiger partial charge in [0.05, 0.1) is 17.7 Å². The zero-order chi connectivity index (χ0) is 26.2. The van der Waals surface area contributed by atoms with E-state index in [0.717, 1.165) is 0 Å². The molecular weight excluding hydrogens is 526 g/mol. The van der Waals surface area contributed by atoms with Gasteiger partial charge in [0.1, 0.15) is 17.6 Å². The average molecular weight is 549 g/mol. The Morgan fingerprint density at radius 2 is 1.76 bits per heavy atom. The number of hydrogen-bond acceptors (Lipinski definition) is 5. The zero-order valence-electron chi connectivity index (χ0n) is 19.2. The van der Waals surface area contributed by atoms with E-state index in [9.17, 15) is 23.9 Å². The van der Waals surface area contributed by atoms with E-state index in [4.69, 9.17) is 27.8 Å². The summed E-state index contributed by atoms with van der Waals surface area (Å²) in [6.07, 6.45) is -0.305. The number of ether oxygens (including phenoxy) is 1. The van der Waals surface area contributed by atoms with Gasteiger partial charge in [-0.15, -0.1) is 12.4 Å². The number of rotatable bonds is 9. The lowest BCUT2D eigenvalue weighted by Gasteiger charge is -2.15. The minimum Gasteiger partial charge on any atom is -0.480 e. The third-order valence-electron chi connectivity index (χ3n) is 4.91. The van der Waals surface area contributed by atoms with E-state index >= 15 is 0 Å². The molecule has 3 aromatic rings. The smallest absolute Gasteiger partial charge is 0.343 e. The molecule has 0 fully saturated rings. The summed E-state index contributed by atoms with van der Waals surface area (Å²) in [5.41, 5.74) is 12.2. The van der Waals surface area contributed by atoms with Crippen molar-refractivity contribution in [2.24, 2.45) is 16.5 Å². The lowest BCUT2D eigenvalue weighted by atomic mass is 10.0. The second-order valence-electron chi connectivity index (χ2n) is 7.70. The van der Waals surface area contributed by atoms with Crippen molar-refractivity contribution in [2.75, 3.05) is 0 Å². The van der Waals surface area contributed by atoms with Crippen LogP contribution in [0.2, 0.25) is 5.02 Å². The van der Waals surface area contributed by atoms with Gasteiger partial charge in [-0.3, -0.25) is 4.79 Å². The van der Waals surface area contributed by atoms with Crippen molar-refractivity contribution in [3.05, 3.63) is 94.3 Å². The third-order valence-corrected chi connectivity index (χ3v) is 5.26. The summed E-state index contributed by atoms with van der Waals surface area (Å²) in [5, 5.41) is 12.0. The largest absolute Gasteiger partial charge is 0.480 e. The van der Waals surface area contributed by atoms with E-state index in [0.29, 0.717) is 16.8 Å². The number of carboxylic acids is 1. The monoisotopic (exact) mass is 548 g/mol. The Labute approximate surface area is 222 Å². The summed E-state index contributed by atoms with van der Waals surface area (Å²) in [6.45, 7) is 0. The molecule has 12 heteroatoms. The van der Waals surface area contributed by atoms with E-state index in [2.05, 4.69) is 10.3 Å². The van der Waals surface area contributed by atoms with Crippen LogP contribution < -0.4 is 21.5 Å². The summed E-state index contributed by atoms with van der Waals surface area (Å²) < 4.78 is 18.7. The number of guanidine groups is 1. The van der Waals surface area contributed by atoms with Crippen molar-refractivity contribution in [3.8, 4) is 5.75 Å². The first-order valence-corrected chi connectivity index (χ1v) is 11.0. The molecule has 3 rings (SSSR count). The highest BCUT2D eigenvalue weighted by atomic mass is 35.5. The fourth-order valence-corrected chi connectivity index (χ4v) is 3.48. The first kappa shape index (κ1) is 29.1. The number of nitrogens with two attached hydrogens (primary N) is 2. The summed E-state index contributed by atoms with van der Waals surface area (Å²) >= 11 is 6.25. The fourth-order valence-electron chi connectivity index (χ4n) is 3.24. The van der Waals surface area contributed by atoms with E-state index in [1.54, 1.807) is 18.2 Å². The molecule has 0 spiro atoms. The Morgan fingerprint density at radius 3 is 2.35 bits per heavy atom. The van der Waals surface area contributed by atoms with E-state index in [-0.39, 0.29) is 47.5 Å². The molecule has 1 atom stereocenters. The van der Waals surface area contributed by atoms with Crippen LogP contribution in [0.3, 0.4) is 0 Å². The standard InChI is InChI=1S/C25H22ClFN4O5.ClH/c26-20-13-19(36-24(35)15-4-7-18(8-5-15)30-25(28)29)9-6-16(20)12-22(32)31-21(23(33)34)11-14-2-1-3-17(27)10-14;/h1-10,13,21H,11-12H2,(H,31,32)(H,33,34)(H4,28,29,30);1H/t21-;/m0./s1. The van der Waals surface area contributed by atoms with Crippen LogP contribution in [-0.4, -0.2) is 35.0 Å². The van der Waals surface area contributed by atoms with Crippen molar-refractivity contribution in [1.29, 1.82) is 0 Å². The lowest BCUT2D eigenvalue weighted by molar-refractivity contribution is -0.141. The predicted molar refractivity (Wildman–Crippen MR) is 139 cm³/mol. The molecule has 0 saturated heterocycles. The number of nitrogens with zero attached hydrogens (tertiary/aromatic N) is 1. The molecule has 194 valence electrons. The molecule has 0 aliphatic heterocycles. The Kier molecular flexibility index (Phi) is 10.4.